The second-order valence-electron chi connectivity index (χ2n) is 6.61. The normalized spacial score (nSPS) is 11.0. The quantitative estimate of drug-likeness (QED) is 0.345. The third kappa shape index (κ3) is 2.17. The molecule has 0 atom stereocenters. The summed E-state index contributed by atoms with van der Waals surface area (Å²) in [6.45, 7) is 15.5. The first-order chi connectivity index (χ1) is 12.5. The van der Waals surface area contributed by atoms with Gasteiger partial charge in [-0.25, -0.2) is 4.85 Å². The van der Waals surface area contributed by atoms with Crippen LogP contribution >= 0.6 is 11.3 Å². The Balaban J connectivity index is 2.07. The smallest absolute Gasteiger partial charge is 0.209 e. The number of aryl methyl sites for hydroxylation is 4. The molecule has 0 spiro atoms. The van der Waals surface area contributed by atoms with Crippen molar-refractivity contribution in [3.8, 4) is 16.7 Å². The Bertz CT molecular complexity index is 1290. The van der Waals surface area contributed by atoms with Gasteiger partial charge in [-0.15, -0.1) is 11.3 Å². The maximum absolute atomic E-state index is 9.54. The summed E-state index contributed by atoms with van der Waals surface area (Å²) in [5.74, 6) is 0.839. The number of hydrogen-bond donors (Lipinski definition) is 0. The van der Waals surface area contributed by atoms with Gasteiger partial charge in [0.1, 0.15) is 11.3 Å². The minimum absolute atomic E-state index is 0.463. The first-order valence-electron chi connectivity index (χ1n) is 8.30. The van der Waals surface area contributed by atoms with Gasteiger partial charge in [0.05, 0.1) is 23.1 Å². The minimum atomic E-state index is 0.463. The second kappa shape index (κ2) is 5.73. The van der Waals surface area contributed by atoms with Gasteiger partial charge in [0, 0.05) is 10.1 Å². The lowest BCUT2D eigenvalue weighted by Gasteiger charge is -2.07. The molecule has 0 fully saturated rings. The van der Waals surface area contributed by atoms with Crippen LogP contribution in [0.5, 0.6) is 0 Å². The van der Waals surface area contributed by atoms with Crippen LogP contribution in [0.25, 0.3) is 36.5 Å². The zero-order chi connectivity index (χ0) is 18.6. The molecule has 0 bridgehead atoms. The fraction of sp³-hybridized carbons (Fsp3) is 0.182. The first kappa shape index (κ1) is 16.4. The first-order valence-corrected chi connectivity index (χ1v) is 9.12. The van der Waals surface area contributed by atoms with E-state index in [9.17, 15) is 5.26 Å². The highest BCUT2D eigenvalue weighted by Gasteiger charge is 2.22. The molecule has 0 unspecified atom stereocenters. The number of nitrogens with zero attached hydrogens (tertiary/aromatic N) is 2. The number of hydrogen-bond acceptors (Lipinski definition) is 3. The number of furan rings is 1. The zero-order valence-electron chi connectivity index (χ0n) is 15.0. The highest BCUT2D eigenvalue weighted by molar-refractivity contribution is 7.22. The van der Waals surface area contributed by atoms with Gasteiger partial charge in [-0.1, -0.05) is 12.1 Å². The number of rotatable bonds is 1. The summed E-state index contributed by atoms with van der Waals surface area (Å²) in [6, 6.07) is 10.5. The summed E-state index contributed by atoms with van der Waals surface area (Å²) in [4.78, 5) is 4.68. The summed E-state index contributed by atoms with van der Waals surface area (Å²) in [7, 11) is 0. The Kier molecular flexibility index (Phi) is 3.61. The summed E-state index contributed by atoms with van der Waals surface area (Å²) in [6.07, 6.45) is 0. The van der Waals surface area contributed by atoms with E-state index in [-0.39, 0.29) is 0 Å². The molecule has 3 nitrogen and oxygen atoms in total. The molecule has 0 aliphatic carbocycles. The average Bonchev–Trinajstić information content (AvgIpc) is 3.18. The molecule has 2 heterocycles. The second-order valence-corrected chi connectivity index (χ2v) is 7.63. The van der Waals surface area contributed by atoms with Crippen LogP contribution in [0.3, 0.4) is 0 Å². The molecular weight excluding hydrogens is 340 g/mol. The highest BCUT2D eigenvalue weighted by atomic mass is 32.1. The van der Waals surface area contributed by atoms with E-state index in [1.807, 2.05) is 26.8 Å². The van der Waals surface area contributed by atoms with Crippen molar-refractivity contribution in [1.82, 2.24) is 0 Å². The van der Waals surface area contributed by atoms with E-state index < -0.39 is 0 Å². The van der Waals surface area contributed by atoms with E-state index in [1.54, 1.807) is 11.3 Å². The van der Waals surface area contributed by atoms with E-state index in [4.69, 9.17) is 11.0 Å². The average molecular weight is 356 g/mol. The fourth-order valence-electron chi connectivity index (χ4n) is 3.59. The Morgan fingerprint density at radius 1 is 1.08 bits per heavy atom. The Hall–Kier alpha value is -3.08. The van der Waals surface area contributed by atoms with Crippen molar-refractivity contribution >= 4 is 38.1 Å². The molecule has 0 saturated carbocycles. The Labute approximate surface area is 155 Å². The van der Waals surface area contributed by atoms with Crippen LogP contribution in [-0.4, -0.2) is 0 Å². The third-order valence-corrected chi connectivity index (χ3v) is 6.38. The molecule has 0 N–H and O–H groups in total. The van der Waals surface area contributed by atoms with Crippen LogP contribution in [0.2, 0.25) is 0 Å². The van der Waals surface area contributed by atoms with E-state index >= 15 is 0 Å². The minimum Gasteiger partial charge on any atom is -0.455 e. The Morgan fingerprint density at radius 2 is 1.85 bits per heavy atom. The van der Waals surface area contributed by atoms with Crippen LogP contribution in [0.4, 0.5) is 5.69 Å². The molecule has 2 aromatic heterocycles. The summed E-state index contributed by atoms with van der Waals surface area (Å²) in [5.41, 5.74) is 5.86. The van der Waals surface area contributed by atoms with Gasteiger partial charge in [0.15, 0.2) is 0 Å². The third-order valence-electron chi connectivity index (χ3n) is 4.95. The van der Waals surface area contributed by atoms with E-state index in [2.05, 4.69) is 36.0 Å². The predicted molar refractivity (Wildman–Crippen MR) is 107 cm³/mol. The van der Waals surface area contributed by atoms with Crippen LogP contribution in [-0.2, 0) is 0 Å². The van der Waals surface area contributed by atoms with Gasteiger partial charge < -0.3 is 4.42 Å². The molecule has 0 aliphatic rings. The van der Waals surface area contributed by atoms with Gasteiger partial charge in [0.2, 0.25) is 5.69 Å². The number of nitriles is 1. The molecule has 4 heteroatoms. The van der Waals surface area contributed by atoms with Crippen LogP contribution in [0, 0.1) is 45.6 Å². The summed E-state index contributed by atoms with van der Waals surface area (Å²) in [5, 5.41) is 11.7. The molecule has 26 heavy (non-hydrogen) atoms. The lowest BCUT2D eigenvalue weighted by atomic mass is 9.96. The largest absolute Gasteiger partial charge is 0.455 e. The fourth-order valence-corrected chi connectivity index (χ4v) is 4.91. The number of fused-ring (bicyclic) bond motifs is 2. The van der Waals surface area contributed by atoms with Crippen LogP contribution in [0.1, 0.15) is 27.8 Å². The van der Waals surface area contributed by atoms with Crippen molar-refractivity contribution in [2.24, 2.45) is 0 Å². The van der Waals surface area contributed by atoms with Crippen molar-refractivity contribution in [2.45, 2.75) is 27.7 Å². The lowest BCUT2D eigenvalue weighted by molar-refractivity contribution is 0.632. The zero-order valence-corrected chi connectivity index (χ0v) is 15.8. The van der Waals surface area contributed by atoms with E-state index in [0.717, 1.165) is 48.4 Å². The maximum atomic E-state index is 9.54. The van der Waals surface area contributed by atoms with Gasteiger partial charge in [-0.05, 0) is 67.5 Å². The molecule has 126 valence electrons. The summed E-state index contributed by atoms with van der Waals surface area (Å²) < 4.78 is 7.19. The number of thiophene rings is 1. The molecular formula is C22H16N2OS. The van der Waals surface area contributed by atoms with Crippen molar-refractivity contribution in [3.05, 3.63) is 63.5 Å². The van der Waals surface area contributed by atoms with Crippen LogP contribution < -0.4 is 0 Å². The van der Waals surface area contributed by atoms with Crippen molar-refractivity contribution in [3.63, 3.8) is 0 Å². The summed E-state index contributed by atoms with van der Waals surface area (Å²) >= 11 is 1.64. The van der Waals surface area contributed by atoms with Gasteiger partial charge in [-0.2, -0.15) is 5.26 Å². The highest BCUT2D eigenvalue weighted by Crippen LogP contribution is 2.46. The molecule has 4 rings (SSSR count). The number of benzene rings is 2. The van der Waals surface area contributed by atoms with Crippen molar-refractivity contribution < 1.29 is 4.42 Å². The van der Waals surface area contributed by atoms with Gasteiger partial charge >= 0.3 is 0 Å². The molecule has 0 radical (unpaired) electrons. The lowest BCUT2D eigenvalue weighted by Crippen LogP contribution is -1.89. The van der Waals surface area contributed by atoms with Gasteiger partial charge in [0.25, 0.3) is 0 Å². The Morgan fingerprint density at radius 3 is 2.54 bits per heavy atom. The predicted octanol–water partition coefficient (Wildman–Crippen LogP) is 6.97. The molecule has 0 amide bonds. The molecule has 0 saturated heterocycles. The van der Waals surface area contributed by atoms with Crippen molar-refractivity contribution in [1.29, 1.82) is 5.26 Å². The molecule has 4 aromatic rings. The topological polar surface area (TPSA) is 41.3 Å². The standard InChI is InChI=1S/C22H16N2OS/c1-11-6-7-15-9-18(25-17(15)8-11)21-13(3)19-12(2)16(10-23)20(24-5)14(4)22(19)26-21/h6-9H,1-4H3. The maximum Gasteiger partial charge on any atom is 0.209 e. The monoisotopic (exact) mass is 356 g/mol. The van der Waals surface area contributed by atoms with E-state index in [1.165, 1.54) is 5.56 Å². The van der Waals surface area contributed by atoms with Gasteiger partial charge in [-0.3, -0.25) is 0 Å². The molecule has 0 aliphatic heterocycles. The van der Waals surface area contributed by atoms with Crippen molar-refractivity contribution in [2.75, 3.05) is 0 Å². The SMILES string of the molecule is [C-]#[N+]c1c(C#N)c(C)c2c(C)c(-c3cc4ccc(C)cc4o3)sc2c1C. The molecule has 2 aromatic carbocycles. The van der Waals surface area contributed by atoms with E-state index in [0.29, 0.717) is 11.3 Å². The van der Waals surface area contributed by atoms with Crippen LogP contribution in [0.15, 0.2) is 28.7 Å².